The molecule has 1 saturated heterocycles. The Morgan fingerprint density at radius 1 is 1.57 bits per heavy atom. The molecule has 1 rings (SSSR count). The van der Waals surface area contributed by atoms with Gasteiger partial charge in [0.15, 0.2) is 0 Å². The Hall–Kier alpha value is -0.610. The van der Waals surface area contributed by atoms with Crippen LogP contribution >= 0.6 is 0 Å². The summed E-state index contributed by atoms with van der Waals surface area (Å²) in [5.41, 5.74) is 5.74. The second-order valence-corrected chi connectivity index (χ2v) is 4.32. The quantitative estimate of drug-likeness (QED) is 0.591. The monoisotopic (exact) mass is 199 g/mol. The molecule has 1 aliphatic rings. The van der Waals surface area contributed by atoms with Gasteiger partial charge < -0.3 is 16.4 Å². The normalized spacial score (nSPS) is 24.7. The lowest BCUT2D eigenvalue weighted by Crippen LogP contribution is -2.52. The third-order valence-electron chi connectivity index (χ3n) is 2.66. The molecule has 14 heavy (non-hydrogen) atoms. The Balaban J connectivity index is 2.31. The summed E-state index contributed by atoms with van der Waals surface area (Å²) in [4.78, 5) is 11.6. The molecule has 82 valence electrons. The molecule has 0 spiro atoms. The SMILES string of the molecule is CC(C)C(N)C(=O)NC1CCCNC1. The van der Waals surface area contributed by atoms with Crippen molar-refractivity contribution < 1.29 is 4.79 Å². The smallest absolute Gasteiger partial charge is 0.237 e. The van der Waals surface area contributed by atoms with Gasteiger partial charge in [-0.25, -0.2) is 0 Å². The second kappa shape index (κ2) is 5.32. The first-order chi connectivity index (χ1) is 6.61. The lowest BCUT2D eigenvalue weighted by Gasteiger charge is -2.26. The average Bonchev–Trinajstić information content (AvgIpc) is 2.18. The molecule has 1 heterocycles. The van der Waals surface area contributed by atoms with Crippen LogP contribution in [0.2, 0.25) is 0 Å². The van der Waals surface area contributed by atoms with E-state index in [1.165, 1.54) is 0 Å². The summed E-state index contributed by atoms with van der Waals surface area (Å²) < 4.78 is 0. The number of carbonyl (C=O) groups is 1. The zero-order valence-electron chi connectivity index (χ0n) is 9.05. The van der Waals surface area contributed by atoms with Crippen molar-refractivity contribution in [3.63, 3.8) is 0 Å². The molecular weight excluding hydrogens is 178 g/mol. The minimum Gasteiger partial charge on any atom is -0.351 e. The van der Waals surface area contributed by atoms with Gasteiger partial charge in [-0.1, -0.05) is 13.8 Å². The molecule has 0 aromatic rings. The van der Waals surface area contributed by atoms with E-state index in [1.807, 2.05) is 13.8 Å². The Morgan fingerprint density at radius 2 is 2.29 bits per heavy atom. The van der Waals surface area contributed by atoms with Gasteiger partial charge in [0.05, 0.1) is 6.04 Å². The Labute approximate surface area is 85.6 Å². The molecule has 0 saturated carbocycles. The van der Waals surface area contributed by atoms with Gasteiger partial charge in [0.25, 0.3) is 0 Å². The van der Waals surface area contributed by atoms with E-state index in [-0.39, 0.29) is 23.9 Å². The highest BCUT2D eigenvalue weighted by molar-refractivity contribution is 5.82. The van der Waals surface area contributed by atoms with Crippen molar-refractivity contribution in [2.75, 3.05) is 13.1 Å². The predicted octanol–water partition coefficient (Wildman–Crippen LogP) is -0.162. The van der Waals surface area contributed by atoms with Crippen molar-refractivity contribution in [1.29, 1.82) is 0 Å². The maximum absolute atomic E-state index is 11.6. The van der Waals surface area contributed by atoms with E-state index >= 15 is 0 Å². The van der Waals surface area contributed by atoms with Crippen LogP contribution in [0.5, 0.6) is 0 Å². The van der Waals surface area contributed by atoms with Gasteiger partial charge in [0.1, 0.15) is 0 Å². The van der Waals surface area contributed by atoms with Crippen LogP contribution in [-0.2, 0) is 4.79 Å². The predicted molar refractivity (Wildman–Crippen MR) is 56.8 cm³/mol. The van der Waals surface area contributed by atoms with Gasteiger partial charge in [-0.2, -0.15) is 0 Å². The molecule has 0 aromatic heterocycles. The maximum Gasteiger partial charge on any atom is 0.237 e. The number of carbonyl (C=O) groups excluding carboxylic acids is 1. The van der Waals surface area contributed by atoms with Crippen LogP contribution in [0.25, 0.3) is 0 Å². The van der Waals surface area contributed by atoms with Gasteiger partial charge in [0, 0.05) is 12.6 Å². The van der Waals surface area contributed by atoms with E-state index in [1.54, 1.807) is 0 Å². The zero-order chi connectivity index (χ0) is 10.6. The number of nitrogens with two attached hydrogens (primary N) is 1. The van der Waals surface area contributed by atoms with E-state index < -0.39 is 0 Å². The van der Waals surface area contributed by atoms with Crippen molar-refractivity contribution in [2.24, 2.45) is 11.7 Å². The summed E-state index contributed by atoms with van der Waals surface area (Å²) in [6.07, 6.45) is 2.19. The van der Waals surface area contributed by atoms with E-state index in [2.05, 4.69) is 10.6 Å². The summed E-state index contributed by atoms with van der Waals surface area (Å²) >= 11 is 0. The number of amides is 1. The summed E-state index contributed by atoms with van der Waals surface area (Å²) in [5.74, 6) is 0.181. The lowest BCUT2D eigenvalue weighted by molar-refractivity contribution is -0.124. The zero-order valence-corrected chi connectivity index (χ0v) is 9.05. The maximum atomic E-state index is 11.6. The third-order valence-corrected chi connectivity index (χ3v) is 2.66. The first-order valence-corrected chi connectivity index (χ1v) is 5.38. The van der Waals surface area contributed by atoms with Crippen molar-refractivity contribution in [3.05, 3.63) is 0 Å². The molecule has 1 fully saturated rings. The van der Waals surface area contributed by atoms with Crippen molar-refractivity contribution >= 4 is 5.91 Å². The number of nitrogens with one attached hydrogen (secondary N) is 2. The molecule has 1 amide bonds. The van der Waals surface area contributed by atoms with E-state index in [0.717, 1.165) is 25.9 Å². The van der Waals surface area contributed by atoms with Gasteiger partial charge in [-0.3, -0.25) is 4.79 Å². The fourth-order valence-electron chi connectivity index (χ4n) is 1.58. The molecule has 4 heteroatoms. The number of piperidine rings is 1. The first kappa shape index (κ1) is 11.5. The highest BCUT2D eigenvalue weighted by Crippen LogP contribution is 2.03. The van der Waals surface area contributed by atoms with Crippen LogP contribution in [0.15, 0.2) is 0 Å². The highest BCUT2D eigenvalue weighted by Gasteiger charge is 2.21. The fourth-order valence-corrected chi connectivity index (χ4v) is 1.58. The third kappa shape index (κ3) is 3.27. The molecule has 4 nitrogen and oxygen atoms in total. The fraction of sp³-hybridized carbons (Fsp3) is 0.900. The molecule has 0 bridgehead atoms. The average molecular weight is 199 g/mol. The van der Waals surface area contributed by atoms with Crippen LogP contribution in [0.1, 0.15) is 26.7 Å². The van der Waals surface area contributed by atoms with Crippen LogP contribution < -0.4 is 16.4 Å². The largest absolute Gasteiger partial charge is 0.351 e. The lowest BCUT2D eigenvalue weighted by atomic mass is 10.0. The molecular formula is C10H21N3O. The van der Waals surface area contributed by atoms with E-state index in [4.69, 9.17) is 5.73 Å². The van der Waals surface area contributed by atoms with Crippen LogP contribution in [0.4, 0.5) is 0 Å². The standard InChI is InChI=1S/C10H21N3O/c1-7(2)9(11)10(14)13-8-4-3-5-12-6-8/h7-9,12H,3-6,11H2,1-2H3,(H,13,14). The number of hydrogen-bond acceptors (Lipinski definition) is 3. The molecule has 2 unspecified atom stereocenters. The van der Waals surface area contributed by atoms with Crippen LogP contribution in [0, 0.1) is 5.92 Å². The molecule has 4 N–H and O–H groups in total. The minimum atomic E-state index is -0.378. The summed E-state index contributed by atoms with van der Waals surface area (Å²) in [6, 6.07) is -0.113. The van der Waals surface area contributed by atoms with E-state index in [9.17, 15) is 4.79 Å². The van der Waals surface area contributed by atoms with Crippen LogP contribution in [-0.4, -0.2) is 31.1 Å². The van der Waals surface area contributed by atoms with Gasteiger partial charge in [-0.15, -0.1) is 0 Å². The second-order valence-electron chi connectivity index (χ2n) is 4.32. The Morgan fingerprint density at radius 3 is 2.79 bits per heavy atom. The number of hydrogen-bond donors (Lipinski definition) is 3. The van der Waals surface area contributed by atoms with Crippen molar-refractivity contribution in [2.45, 2.75) is 38.8 Å². The van der Waals surface area contributed by atoms with Crippen molar-refractivity contribution in [3.8, 4) is 0 Å². The minimum absolute atomic E-state index is 0.0197. The molecule has 2 atom stereocenters. The van der Waals surface area contributed by atoms with Gasteiger partial charge in [0.2, 0.25) is 5.91 Å². The summed E-state index contributed by atoms with van der Waals surface area (Å²) in [5, 5.41) is 6.23. The highest BCUT2D eigenvalue weighted by atomic mass is 16.2. The topological polar surface area (TPSA) is 67.2 Å². The Bertz CT molecular complexity index is 188. The van der Waals surface area contributed by atoms with Crippen LogP contribution in [0.3, 0.4) is 0 Å². The molecule has 0 radical (unpaired) electrons. The number of rotatable bonds is 3. The summed E-state index contributed by atoms with van der Waals surface area (Å²) in [6.45, 7) is 5.85. The van der Waals surface area contributed by atoms with E-state index in [0.29, 0.717) is 0 Å². The molecule has 1 aliphatic heterocycles. The molecule has 0 aromatic carbocycles. The van der Waals surface area contributed by atoms with Gasteiger partial charge in [-0.05, 0) is 25.3 Å². The van der Waals surface area contributed by atoms with Crippen molar-refractivity contribution in [1.82, 2.24) is 10.6 Å². The Kier molecular flexibility index (Phi) is 4.35. The first-order valence-electron chi connectivity index (χ1n) is 5.38. The molecule has 0 aliphatic carbocycles. The van der Waals surface area contributed by atoms with Gasteiger partial charge >= 0.3 is 0 Å². The summed E-state index contributed by atoms with van der Waals surface area (Å²) in [7, 11) is 0.